The molecule has 0 aliphatic carbocycles. The van der Waals surface area contributed by atoms with Gasteiger partial charge in [-0.05, 0) is 49.0 Å². The van der Waals surface area contributed by atoms with E-state index in [1.54, 1.807) is 31.4 Å². The van der Waals surface area contributed by atoms with Crippen LogP contribution in [0.5, 0.6) is 5.75 Å². The number of methoxy groups -OCH3 is 1. The van der Waals surface area contributed by atoms with E-state index in [9.17, 15) is 4.79 Å². The van der Waals surface area contributed by atoms with Gasteiger partial charge >= 0.3 is 0 Å². The highest BCUT2D eigenvalue weighted by atomic mass is 16.5. The summed E-state index contributed by atoms with van der Waals surface area (Å²) < 4.78 is 5.12. The number of amides is 1. The van der Waals surface area contributed by atoms with Gasteiger partial charge in [-0.25, -0.2) is 0 Å². The molecule has 1 N–H and O–H groups in total. The Morgan fingerprint density at radius 3 is 2.39 bits per heavy atom. The van der Waals surface area contributed by atoms with E-state index in [4.69, 9.17) is 10.00 Å². The maximum atomic E-state index is 12.0. The van der Waals surface area contributed by atoms with Gasteiger partial charge in [-0.1, -0.05) is 12.1 Å². The summed E-state index contributed by atoms with van der Waals surface area (Å²) in [5.74, 6) is 0.723. The van der Waals surface area contributed by atoms with Crippen molar-refractivity contribution >= 4 is 11.6 Å². The van der Waals surface area contributed by atoms with E-state index < -0.39 is 0 Å². The molecule has 0 fully saturated rings. The summed E-state index contributed by atoms with van der Waals surface area (Å²) in [5, 5.41) is 11.6. The number of nitriles is 1. The molecule has 0 atom stereocenters. The molecular formula is C18H19N3O2. The molecule has 0 unspecified atom stereocenters. The highest BCUT2D eigenvalue weighted by Crippen LogP contribution is 2.13. The Labute approximate surface area is 136 Å². The minimum atomic E-state index is -0.0919. The first-order chi connectivity index (χ1) is 11.1. The van der Waals surface area contributed by atoms with Crippen molar-refractivity contribution in [1.82, 2.24) is 4.90 Å². The molecule has 5 heteroatoms. The van der Waals surface area contributed by atoms with E-state index in [1.165, 1.54) is 0 Å². The zero-order valence-electron chi connectivity index (χ0n) is 13.2. The van der Waals surface area contributed by atoms with E-state index in [0.29, 0.717) is 17.8 Å². The lowest BCUT2D eigenvalue weighted by Crippen LogP contribution is -2.29. The van der Waals surface area contributed by atoms with Gasteiger partial charge in [0.05, 0.1) is 25.3 Å². The van der Waals surface area contributed by atoms with Crippen LogP contribution < -0.4 is 10.1 Å². The molecular weight excluding hydrogens is 290 g/mol. The lowest BCUT2D eigenvalue weighted by Gasteiger charge is -2.16. The average Bonchev–Trinajstić information content (AvgIpc) is 2.56. The molecule has 0 heterocycles. The second kappa shape index (κ2) is 7.97. The van der Waals surface area contributed by atoms with Crippen LogP contribution in [0.15, 0.2) is 48.5 Å². The number of ether oxygens (including phenoxy) is 1. The molecule has 118 valence electrons. The lowest BCUT2D eigenvalue weighted by atomic mass is 10.2. The van der Waals surface area contributed by atoms with Crippen LogP contribution in [0.25, 0.3) is 0 Å². The van der Waals surface area contributed by atoms with Gasteiger partial charge < -0.3 is 10.1 Å². The van der Waals surface area contributed by atoms with Crippen molar-refractivity contribution in [2.24, 2.45) is 0 Å². The van der Waals surface area contributed by atoms with Crippen molar-refractivity contribution < 1.29 is 9.53 Å². The number of nitrogens with one attached hydrogen (secondary N) is 1. The Hall–Kier alpha value is -2.84. The molecule has 0 bridgehead atoms. The molecule has 2 aromatic carbocycles. The normalized spacial score (nSPS) is 10.2. The van der Waals surface area contributed by atoms with Crippen molar-refractivity contribution in [1.29, 1.82) is 5.26 Å². The summed E-state index contributed by atoms with van der Waals surface area (Å²) in [6.07, 6.45) is 0. The Morgan fingerprint density at radius 1 is 1.17 bits per heavy atom. The Bertz CT molecular complexity index is 688. The van der Waals surface area contributed by atoms with Gasteiger partial charge in [-0.15, -0.1) is 0 Å². The largest absolute Gasteiger partial charge is 0.497 e. The van der Waals surface area contributed by atoms with E-state index in [1.807, 2.05) is 42.3 Å². The van der Waals surface area contributed by atoms with Crippen LogP contribution in [-0.2, 0) is 11.3 Å². The third-order valence-corrected chi connectivity index (χ3v) is 3.32. The molecule has 2 aromatic rings. The van der Waals surface area contributed by atoms with Gasteiger partial charge in [-0.2, -0.15) is 5.26 Å². The fourth-order valence-corrected chi connectivity index (χ4v) is 2.17. The summed E-state index contributed by atoms with van der Waals surface area (Å²) in [6, 6.07) is 16.6. The predicted molar refractivity (Wildman–Crippen MR) is 89.1 cm³/mol. The Morgan fingerprint density at radius 2 is 1.83 bits per heavy atom. The Balaban J connectivity index is 1.84. The van der Waals surface area contributed by atoms with Crippen LogP contribution in [0.1, 0.15) is 11.1 Å². The highest BCUT2D eigenvalue weighted by molar-refractivity contribution is 5.92. The first-order valence-electron chi connectivity index (χ1n) is 7.22. The molecule has 0 saturated heterocycles. The lowest BCUT2D eigenvalue weighted by molar-refractivity contribution is -0.117. The van der Waals surface area contributed by atoms with Gasteiger partial charge in [0, 0.05) is 12.2 Å². The predicted octanol–water partition coefficient (Wildman–Crippen LogP) is 2.64. The van der Waals surface area contributed by atoms with E-state index >= 15 is 0 Å². The fourth-order valence-electron chi connectivity index (χ4n) is 2.17. The summed E-state index contributed by atoms with van der Waals surface area (Å²) >= 11 is 0. The van der Waals surface area contributed by atoms with E-state index in [-0.39, 0.29) is 12.5 Å². The quantitative estimate of drug-likeness (QED) is 0.891. The smallest absolute Gasteiger partial charge is 0.238 e. The van der Waals surface area contributed by atoms with Crippen molar-refractivity contribution in [2.75, 3.05) is 26.0 Å². The van der Waals surface area contributed by atoms with Crippen LogP contribution in [0.2, 0.25) is 0 Å². The van der Waals surface area contributed by atoms with Crippen LogP contribution in [0, 0.1) is 11.3 Å². The first-order valence-corrected chi connectivity index (χ1v) is 7.22. The molecule has 0 aromatic heterocycles. The van der Waals surface area contributed by atoms with Crippen molar-refractivity contribution in [3.63, 3.8) is 0 Å². The average molecular weight is 309 g/mol. The monoisotopic (exact) mass is 309 g/mol. The molecule has 23 heavy (non-hydrogen) atoms. The minimum Gasteiger partial charge on any atom is -0.497 e. The number of anilines is 1. The maximum Gasteiger partial charge on any atom is 0.238 e. The van der Waals surface area contributed by atoms with Gasteiger partial charge in [0.1, 0.15) is 5.75 Å². The van der Waals surface area contributed by atoms with Crippen LogP contribution in [0.4, 0.5) is 5.69 Å². The SMILES string of the molecule is COc1ccc(CN(C)CC(=O)Nc2ccc(C#N)cc2)cc1. The van der Waals surface area contributed by atoms with Crippen molar-refractivity contribution in [3.8, 4) is 11.8 Å². The van der Waals surface area contributed by atoms with Gasteiger partial charge in [0.15, 0.2) is 0 Å². The molecule has 0 radical (unpaired) electrons. The van der Waals surface area contributed by atoms with Crippen molar-refractivity contribution in [2.45, 2.75) is 6.54 Å². The van der Waals surface area contributed by atoms with Crippen molar-refractivity contribution in [3.05, 3.63) is 59.7 Å². The van der Waals surface area contributed by atoms with Gasteiger partial charge in [0.2, 0.25) is 5.91 Å². The molecule has 5 nitrogen and oxygen atoms in total. The van der Waals surface area contributed by atoms with E-state index in [2.05, 4.69) is 5.32 Å². The molecule has 0 saturated carbocycles. The number of carbonyl (C=O) groups is 1. The highest BCUT2D eigenvalue weighted by Gasteiger charge is 2.08. The number of likely N-dealkylation sites (N-methyl/N-ethyl adjacent to an activating group) is 1. The second-order valence-corrected chi connectivity index (χ2v) is 5.26. The summed E-state index contributed by atoms with van der Waals surface area (Å²) in [4.78, 5) is 14.0. The molecule has 2 rings (SSSR count). The number of hydrogen-bond acceptors (Lipinski definition) is 4. The minimum absolute atomic E-state index is 0.0919. The topological polar surface area (TPSA) is 65.4 Å². The standard InChI is InChI=1S/C18H19N3O2/c1-21(12-15-5-9-17(23-2)10-6-15)13-18(22)20-16-7-3-14(11-19)4-8-16/h3-10H,12-13H2,1-2H3,(H,20,22). The summed E-state index contributed by atoms with van der Waals surface area (Å²) in [7, 11) is 3.53. The number of nitrogens with zero attached hydrogens (tertiary/aromatic N) is 2. The first kappa shape index (κ1) is 16.5. The molecule has 0 aliphatic heterocycles. The second-order valence-electron chi connectivity index (χ2n) is 5.26. The third-order valence-electron chi connectivity index (χ3n) is 3.32. The van der Waals surface area contributed by atoms with Gasteiger partial charge in [-0.3, -0.25) is 9.69 Å². The van der Waals surface area contributed by atoms with Gasteiger partial charge in [0.25, 0.3) is 0 Å². The summed E-state index contributed by atoms with van der Waals surface area (Å²) in [6.45, 7) is 0.955. The van der Waals surface area contributed by atoms with Crippen LogP contribution >= 0.6 is 0 Å². The summed E-state index contributed by atoms with van der Waals surface area (Å²) in [5.41, 5.74) is 2.37. The van der Waals surface area contributed by atoms with E-state index in [0.717, 1.165) is 11.3 Å². The number of benzene rings is 2. The molecule has 1 amide bonds. The Kier molecular flexibility index (Phi) is 5.73. The third kappa shape index (κ3) is 5.13. The zero-order valence-corrected chi connectivity index (χ0v) is 13.2. The van der Waals surface area contributed by atoms with Crippen LogP contribution in [-0.4, -0.2) is 31.5 Å². The number of rotatable bonds is 6. The maximum absolute atomic E-state index is 12.0. The molecule has 0 spiro atoms. The van der Waals surface area contributed by atoms with Crippen LogP contribution in [0.3, 0.4) is 0 Å². The zero-order chi connectivity index (χ0) is 16.7. The number of carbonyl (C=O) groups excluding carboxylic acids is 1. The molecule has 0 aliphatic rings. The fraction of sp³-hybridized carbons (Fsp3) is 0.222. The number of hydrogen-bond donors (Lipinski definition) is 1.